The Morgan fingerprint density at radius 2 is 2.04 bits per heavy atom. The first kappa shape index (κ1) is 19.9. The lowest BCUT2D eigenvalue weighted by Gasteiger charge is -2.22. The van der Waals surface area contributed by atoms with Gasteiger partial charge in [0, 0.05) is 6.20 Å². The highest BCUT2D eigenvalue weighted by molar-refractivity contribution is 6.32. The van der Waals surface area contributed by atoms with E-state index in [4.69, 9.17) is 16.0 Å². The van der Waals surface area contributed by atoms with E-state index in [2.05, 4.69) is 15.4 Å². The van der Waals surface area contributed by atoms with Gasteiger partial charge in [0.15, 0.2) is 5.82 Å². The number of rotatable bonds is 5. The first-order chi connectivity index (χ1) is 13.1. The predicted octanol–water partition coefficient (Wildman–Crippen LogP) is 3.21. The molecule has 1 atom stereocenters. The number of hydrogen-bond donors (Lipinski definition) is 2. The summed E-state index contributed by atoms with van der Waals surface area (Å²) in [5.41, 5.74) is -2.97. The molecule has 0 spiro atoms. The molecule has 28 heavy (non-hydrogen) atoms. The van der Waals surface area contributed by atoms with Crippen LogP contribution in [0, 0.1) is 0 Å². The van der Waals surface area contributed by atoms with Crippen LogP contribution in [0.5, 0.6) is 0 Å². The third-order valence-corrected chi connectivity index (χ3v) is 4.25. The molecule has 0 radical (unpaired) electrons. The highest BCUT2D eigenvalue weighted by Gasteiger charge is 2.31. The fourth-order valence-electron chi connectivity index (χ4n) is 2.34. The van der Waals surface area contributed by atoms with Gasteiger partial charge in [0.2, 0.25) is 0 Å². The summed E-state index contributed by atoms with van der Waals surface area (Å²) in [6.07, 6.45) is -1.32. The van der Waals surface area contributed by atoms with Gasteiger partial charge >= 0.3 is 6.18 Å². The highest BCUT2D eigenvalue weighted by atomic mass is 35.5. The van der Waals surface area contributed by atoms with E-state index < -0.39 is 22.9 Å². The molecular weight excluding hydrogens is 401 g/mol. The van der Waals surface area contributed by atoms with Gasteiger partial charge in [0.25, 0.3) is 5.56 Å². The smallest absolute Gasteiger partial charge is 0.417 e. The van der Waals surface area contributed by atoms with Gasteiger partial charge in [-0.05, 0) is 31.2 Å². The van der Waals surface area contributed by atoms with E-state index in [1.54, 1.807) is 12.1 Å². The molecule has 0 aliphatic carbocycles. The van der Waals surface area contributed by atoms with Crippen molar-refractivity contribution in [3.63, 3.8) is 0 Å². The number of pyridine rings is 1. The number of nitrogens with zero attached hydrogens (tertiary/aromatic N) is 3. The van der Waals surface area contributed by atoms with E-state index in [1.807, 2.05) is 0 Å². The number of aliphatic hydroxyl groups is 1. The number of hydrogen-bond acceptors (Lipinski definition) is 6. The van der Waals surface area contributed by atoms with Crippen molar-refractivity contribution in [2.45, 2.75) is 18.7 Å². The Labute approximate surface area is 161 Å². The van der Waals surface area contributed by atoms with Crippen molar-refractivity contribution < 1.29 is 22.7 Å². The van der Waals surface area contributed by atoms with Crippen LogP contribution < -0.4 is 10.9 Å². The van der Waals surface area contributed by atoms with Crippen molar-refractivity contribution in [1.29, 1.82) is 0 Å². The molecular formula is C17H14ClF3N4O3. The number of furan rings is 1. The monoisotopic (exact) mass is 414 g/mol. The first-order valence-electron chi connectivity index (χ1n) is 7.91. The average molecular weight is 415 g/mol. The second kappa shape index (κ2) is 7.28. The number of aromatic nitrogens is 3. The molecule has 3 aromatic rings. The molecule has 3 aromatic heterocycles. The summed E-state index contributed by atoms with van der Waals surface area (Å²) >= 11 is 6.06. The topological polar surface area (TPSA) is 93.2 Å². The molecule has 148 valence electrons. The zero-order valence-corrected chi connectivity index (χ0v) is 15.1. The lowest BCUT2D eigenvalue weighted by molar-refractivity contribution is -0.137. The summed E-state index contributed by atoms with van der Waals surface area (Å²) in [4.78, 5) is 16.0. The van der Waals surface area contributed by atoms with Crippen LogP contribution in [0.1, 0.15) is 18.2 Å². The molecule has 3 heterocycles. The molecule has 0 fully saturated rings. The molecule has 2 N–H and O–H groups in total. The van der Waals surface area contributed by atoms with Crippen LogP contribution in [0.3, 0.4) is 0 Å². The lowest BCUT2D eigenvalue weighted by Crippen LogP contribution is -2.31. The van der Waals surface area contributed by atoms with Crippen molar-refractivity contribution in [2.24, 2.45) is 0 Å². The highest BCUT2D eigenvalue weighted by Crippen LogP contribution is 2.28. The predicted molar refractivity (Wildman–Crippen MR) is 94.4 cm³/mol. The average Bonchev–Trinajstić information content (AvgIpc) is 3.18. The van der Waals surface area contributed by atoms with Gasteiger partial charge in [0.1, 0.15) is 16.4 Å². The summed E-state index contributed by atoms with van der Waals surface area (Å²) in [5, 5.41) is 16.8. The largest absolute Gasteiger partial charge is 0.466 e. The zero-order valence-electron chi connectivity index (χ0n) is 14.4. The van der Waals surface area contributed by atoms with Gasteiger partial charge in [-0.25, -0.2) is 4.98 Å². The molecule has 0 bridgehead atoms. The van der Waals surface area contributed by atoms with Crippen LogP contribution in [-0.2, 0) is 11.8 Å². The fourth-order valence-corrected chi connectivity index (χ4v) is 2.53. The summed E-state index contributed by atoms with van der Waals surface area (Å²) in [6, 6.07) is 5.02. The SMILES string of the molecule is CC(O)(CNc1cnn(-c2ccc(C(F)(F)F)cn2)c(=O)c1Cl)c1ccco1. The summed E-state index contributed by atoms with van der Waals surface area (Å²) in [5.74, 6) is 0.195. The normalized spacial score (nSPS) is 13.9. The Balaban J connectivity index is 1.82. The Kier molecular flexibility index (Phi) is 5.18. The second-order valence-electron chi connectivity index (χ2n) is 6.10. The number of anilines is 1. The minimum atomic E-state index is -4.54. The van der Waals surface area contributed by atoms with E-state index in [9.17, 15) is 23.1 Å². The molecule has 0 aromatic carbocycles. The van der Waals surface area contributed by atoms with Crippen molar-refractivity contribution in [2.75, 3.05) is 11.9 Å². The zero-order chi connectivity index (χ0) is 20.5. The lowest BCUT2D eigenvalue weighted by atomic mass is 10.0. The van der Waals surface area contributed by atoms with Crippen LogP contribution in [0.25, 0.3) is 5.82 Å². The molecule has 1 unspecified atom stereocenters. The van der Waals surface area contributed by atoms with Crippen molar-refractivity contribution in [3.8, 4) is 5.82 Å². The molecule has 7 nitrogen and oxygen atoms in total. The van der Waals surface area contributed by atoms with E-state index in [-0.39, 0.29) is 23.1 Å². The first-order valence-corrected chi connectivity index (χ1v) is 8.29. The van der Waals surface area contributed by atoms with Crippen LogP contribution in [0.4, 0.5) is 18.9 Å². The Morgan fingerprint density at radius 1 is 1.29 bits per heavy atom. The van der Waals surface area contributed by atoms with Crippen LogP contribution in [-0.4, -0.2) is 26.4 Å². The van der Waals surface area contributed by atoms with Crippen molar-refractivity contribution >= 4 is 17.3 Å². The van der Waals surface area contributed by atoms with Gasteiger partial charge in [-0.2, -0.15) is 23.0 Å². The fraction of sp³-hybridized carbons (Fsp3) is 0.235. The molecule has 0 saturated heterocycles. The van der Waals surface area contributed by atoms with E-state index in [1.165, 1.54) is 19.4 Å². The number of halogens is 4. The molecule has 0 saturated carbocycles. The molecule has 0 aliphatic rings. The van der Waals surface area contributed by atoms with Crippen LogP contribution >= 0.6 is 11.6 Å². The molecule has 11 heteroatoms. The maximum absolute atomic E-state index is 12.6. The van der Waals surface area contributed by atoms with E-state index >= 15 is 0 Å². The quantitative estimate of drug-likeness (QED) is 0.666. The van der Waals surface area contributed by atoms with Gasteiger partial charge in [-0.15, -0.1) is 0 Å². The van der Waals surface area contributed by atoms with Crippen molar-refractivity contribution in [1.82, 2.24) is 14.8 Å². The molecule has 0 amide bonds. The van der Waals surface area contributed by atoms with E-state index in [0.29, 0.717) is 12.0 Å². The maximum atomic E-state index is 12.6. The van der Waals surface area contributed by atoms with Gasteiger partial charge in [-0.1, -0.05) is 11.6 Å². The molecule has 0 aliphatic heterocycles. The summed E-state index contributed by atoms with van der Waals surface area (Å²) < 4.78 is 43.8. The standard InChI is InChI=1S/C17H14ClF3N4O3/c1-16(27,12-3-2-6-28-12)9-23-11-8-24-25(15(26)14(11)18)13-5-4-10(7-22-13)17(19,20)21/h2-8,23,27H,9H2,1H3. The Hall–Kier alpha value is -2.85. The van der Waals surface area contributed by atoms with Gasteiger partial charge in [-0.3, -0.25) is 4.79 Å². The maximum Gasteiger partial charge on any atom is 0.417 e. The van der Waals surface area contributed by atoms with Gasteiger partial charge < -0.3 is 14.8 Å². The summed E-state index contributed by atoms with van der Waals surface area (Å²) in [7, 11) is 0. The van der Waals surface area contributed by atoms with Crippen LogP contribution in [0.2, 0.25) is 5.02 Å². The molecule has 3 rings (SSSR count). The minimum absolute atomic E-state index is 0.0378. The summed E-state index contributed by atoms with van der Waals surface area (Å²) in [6.45, 7) is 1.47. The third-order valence-electron chi connectivity index (χ3n) is 3.89. The number of nitrogens with one attached hydrogen (secondary N) is 1. The minimum Gasteiger partial charge on any atom is -0.466 e. The van der Waals surface area contributed by atoms with Gasteiger partial charge in [0.05, 0.1) is 30.3 Å². The van der Waals surface area contributed by atoms with Crippen LogP contribution in [0.15, 0.2) is 52.1 Å². The van der Waals surface area contributed by atoms with Crippen molar-refractivity contribution in [3.05, 3.63) is 69.6 Å². The Morgan fingerprint density at radius 3 is 2.61 bits per heavy atom. The van der Waals surface area contributed by atoms with E-state index in [0.717, 1.165) is 16.8 Å². The number of alkyl halides is 3. The second-order valence-corrected chi connectivity index (χ2v) is 6.47. The third kappa shape index (κ3) is 4.02. The Bertz CT molecular complexity index is 1020.